The first-order valence-electron chi connectivity index (χ1n) is 6.51. The number of hydrogen-bond donors (Lipinski definition) is 1. The first-order valence-corrected chi connectivity index (χ1v) is 8.82. The van der Waals surface area contributed by atoms with E-state index in [0.29, 0.717) is 18.5 Å². The highest BCUT2D eigenvalue weighted by Gasteiger charge is 2.22. The Hall–Kier alpha value is -1.21. The van der Waals surface area contributed by atoms with Crippen LogP contribution in [-0.2, 0) is 9.05 Å². The number of halogens is 3. The predicted octanol–water partition coefficient (Wildman–Crippen LogP) is 2.81. The van der Waals surface area contributed by atoms with Crippen molar-refractivity contribution in [3.63, 3.8) is 0 Å². The monoisotopic (exact) mass is 337 g/mol. The number of hydrogen-bond acceptors (Lipinski definition) is 3. The molecule has 0 saturated heterocycles. The Bertz CT molecular complexity index is 660. The number of amides is 1. The molecule has 1 aliphatic rings. The van der Waals surface area contributed by atoms with Gasteiger partial charge in [0.15, 0.2) is 11.6 Å². The number of carbonyl (C=O) groups is 1. The topological polar surface area (TPSA) is 63.2 Å². The van der Waals surface area contributed by atoms with E-state index in [1.165, 1.54) is 6.42 Å². The molecule has 1 aromatic carbocycles. The van der Waals surface area contributed by atoms with E-state index >= 15 is 0 Å². The van der Waals surface area contributed by atoms with Crippen molar-refractivity contribution in [3.05, 3.63) is 29.3 Å². The van der Waals surface area contributed by atoms with Gasteiger partial charge in [0.05, 0.1) is 10.5 Å². The summed E-state index contributed by atoms with van der Waals surface area (Å²) in [5.41, 5.74) is -0.664. The van der Waals surface area contributed by atoms with Crippen LogP contribution in [0.5, 0.6) is 0 Å². The second-order valence-electron chi connectivity index (χ2n) is 5.05. The molecule has 0 heterocycles. The summed E-state index contributed by atoms with van der Waals surface area (Å²) in [7, 11) is 0.842. The molecule has 1 amide bonds. The number of benzene rings is 1. The maximum Gasteiger partial charge on any atom is 0.261 e. The lowest BCUT2D eigenvalue weighted by molar-refractivity contribution is 0.0943. The van der Waals surface area contributed by atoms with Crippen molar-refractivity contribution in [1.82, 2.24) is 5.32 Å². The van der Waals surface area contributed by atoms with Gasteiger partial charge in [0.1, 0.15) is 0 Å². The number of nitrogens with one attached hydrogen (secondary N) is 1. The first-order chi connectivity index (χ1) is 9.79. The van der Waals surface area contributed by atoms with Crippen molar-refractivity contribution >= 4 is 25.6 Å². The Morgan fingerprint density at radius 2 is 2.00 bits per heavy atom. The highest BCUT2D eigenvalue weighted by atomic mass is 35.7. The molecule has 0 unspecified atom stereocenters. The van der Waals surface area contributed by atoms with E-state index in [-0.39, 0.29) is 0 Å². The Balaban J connectivity index is 2.13. The maximum absolute atomic E-state index is 13.6. The van der Waals surface area contributed by atoms with Gasteiger partial charge in [-0.05, 0) is 24.5 Å². The Labute approximate surface area is 125 Å². The minimum Gasteiger partial charge on any atom is -0.352 e. The van der Waals surface area contributed by atoms with Gasteiger partial charge in [-0.25, -0.2) is 17.2 Å². The molecule has 1 aliphatic carbocycles. The molecule has 1 saturated carbocycles. The van der Waals surface area contributed by atoms with E-state index in [1.807, 2.05) is 0 Å². The molecule has 116 valence electrons. The van der Waals surface area contributed by atoms with Crippen molar-refractivity contribution in [2.45, 2.75) is 30.6 Å². The molecular formula is C13H14ClF2NO3S. The lowest BCUT2D eigenvalue weighted by Crippen LogP contribution is -2.28. The smallest absolute Gasteiger partial charge is 0.261 e. The molecule has 1 N–H and O–H groups in total. The summed E-state index contributed by atoms with van der Waals surface area (Å²) in [5.74, 6) is -3.12. The first kappa shape index (κ1) is 16.2. The summed E-state index contributed by atoms with van der Waals surface area (Å²) in [6.07, 6.45) is 4.16. The van der Waals surface area contributed by atoms with Crippen LogP contribution in [-0.4, -0.2) is 20.9 Å². The lowest BCUT2D eigenvalue weighted by atomic mass is 9.83. The van der Waals surface area contributed by atoms with Crippen LogP contribution in [0.2, 0.25) is 0 Å². The van der Waals surface area contributed by atoms with E-state index in [1.54, 1.807) is 0 Å². The molecule has 2 rings (SSSR count). The summed E-state index contributed by atoms with van der Waals surface area (Å²) < 4.78 is 49.3. The summed E-state index contributed by atoms with van der Waals surface area (Å²) in [5, 5.41) is 2.46. The van der Waals surface area contributed by atoms with Gasteiger partial charge in [-0.1, -0.05) is 19.3 Å². The van der Waals surface area contributed by atoms with Crippen molar-refractivity contribution < 1.29 is 22.0 Å². The lowest BCUT2D eigenvalue weighted by Gasteiger charge is -2.25. The van der Waals surface area contributed by atoms with E-state index < -0.39 is 37.1 Å². The van der Waals surface area contributed by atoms with Crippen molar-refractivity contribution in [2.75, 3.05) is 6.54 Å². The Kier molecular flexibility index (Phi) is 4.83. The van der Waals surface area contributed by atoms with Crippen LogP contribution in [0.1, 0.15) is 36.0 Å². The summed E-state index contributed by atoms with van der Waals surface area (Å²) in [4.78, 5) is 11.2. The molecule has 0 aromatic heterocycles. The van der Waals surface area contributed by atoms with Gasteiger partial charge in [0.25, 0.3) is 15.0 Å². The average molecular weight is 338 g/mol. The van der Waals surface area contributed by atoms with Crippen LogP contribution in [0, 0.1) is 17.6 Å². The fraction of sp³-hybridized carbons (Fsp3) is 0.462. The maximum atomic E-state index is 13.6. The fourth-order valence-electron chi connectivity index (χ4n) is 2.14. The van der Waals surface area contributed by atoms with Crippen molar-refractivity contribution in [2.24, 2.45) is 5.92 Å². The van der Waals surface area contributed by atoms with Gasteiger partial charge in [-0.3, -0.25) is 4.79 Å². The second kappa shape index (κ2) is 6.27. The van der Waals surface area contributed by atoms with Gasteiger partial charge in [-0.15, -0.1) is 0 Å². The number of rotatable bonds is 5. The third kappa shape index (κ3) is 3.91. The zero-order valence-electron chi connectivity index (χ0n) is 11.0. The van der Waals surface area contributed by atoms with Gasteiger partial charge >= 0.3 is 0 Å². The highest BCUT2D eigenvalue weighted by molar-refractivity contribution is 8.13. The summed E-state index contributed by atoms with van der Waals surface area (Å²) in [6.45, 7) is 0.336. The van der Waals surface area contributed by atoms with Crippen LogP contribution in [0.25, 0.3) is 0 Å². The third-order valence-corrected chi connectivity index (χ3v) is 4.92. The Morgan fingerprint density at radius 1 is 1.33 bits per heavy atom. The molecule has 0 atom stereocenters. The molecule has 4 nitrogen and oxygen atoms in total. The highest BCUT2D eigenvalue weighted by Crippen LogP contribution is 2.28. The molecule has 0 aliphatic heterocycles. The minimum atomic E-state index is -4.24. The molecule has 1 aromatic rings. The summed E-state index contributed by atoms with van der Waals surface area (Å²) in [6, 6.07) is 1.18. The van der Waals surface area contributed by atoms with E-state index in [0.717, 1.165) is 25.3 Å². The number of carbonyl (C=O) groups excluding carboxylic acids is 1. The fourth-order valence-corrected chi connectivity index (χ4v) is 2.91. The third-order valence-electron chi connectivity index (χ3n) is 3.59. The SMILES string of the molecule is O=C(NCCC1CCC1)c1cc(S(=O)(=O)Cl)cc(F)c1F. The minimum absolute atomic E-state index is 0.336. The molecule has 1 fully saturated rings. The second-order valence-corrected chi connectivity index (χ2v) is 7.61. The molecular weight excluding hydrogens is 324 g/mol. The van der Waals surface area contributed by atoms with Crippen LogP contribution < -0.4 is 5.32 Å². The van der Waals surface area contributed by atoms with Gasteiger partial charge < -0.3 is 5.32 Å². The van der Waals surface area contributed by atoms with Crippen molar-refractivity contribution in [1.29, 1.82) is 0 Å². The van der Waals surface area contributed by atoms with Crippen LogP contribution in [0.15, 0.2) is 17.0 Å². The van der Waals surface area contributed by atoms with Crippen LogP contribution >= 0.6 is 10.7 Å². The standard InChI is InChI=1S/C13H14ClF2NO3S/c14-21(19,20)9-6-10(12(16)11(15)7-9)13(18)17-5-4-8-2-1-3-8/h6-8H,1-5H2,(H,17,18). The van der Waals surface area contributed by atoms with Gasteiger partial charge in [-0.2, -0.15) is 0 Å². The summed E-state index contributed by atoms with van der Waals surface area (Å²) >= 11 is 0. The van der Waals surface area contributed by atoms with E-state index in [4.69, 9.17) is 10.7 Å². The molecule has 21 heavy (non-hydrogen) atoms. The quantitative estimate of drug-likeness (QED) is 0.840. The van der Waals surface area contributed by atoms with Crippen molar-refractivity contribution in [3.8, 4) is 0 Å². The predicted molar refractivity (Wildman–Crippen MR) is 73.7 cm³/mol. The molecule has 0 radical (unpaired) electrons. The molecule has 8 heteroatoms. The zero-order chi connectivity index (χ0) is 15.6. The average Bonchev–Trinajstić information content (AvgIpc) is 2.33. The van der Waals surface area contributed by atoms with E-state index in [2.05, 4.69) is 5.32 Å². The normalized spacial score (nSPS) is 15.6. The van der Waals surface area contributed by atoms with Gasteiger partial charge in [0, 0.05) is 17.2 Å². The molecule has 0 spiro atoms. The zero-order valence-corrected chi connectivity index (χ0v) is 12.6. The molecule has 0 bridgehead atoms. The van der Waals surface area contributed by atoms with Gasteiger partial charge in [0.2, 0.25) is 0 Å². The Morgan fingerprint density at radius 3 is 2.52 bits per heavy atom. The van der Waals surface area contributed by atoms with Crippen LogP contribution in [0.4, 0.5) is 8.78 Å². The largest absolute Gasteiger partial charge is 0.352 e. The van der Waals surface area contributed by atoms with E-state index in [9.17, 15) is 22.0 Å². The van der Waals surface area contributed by atoms with Crippen LogP contribution in [0.3, 0.4) is 0 Å².